The van der Waals surface area contributed by atoms with Crippen molar-refractivity contribution in [3.63, 3.8) is 0 Å². The van der Waals surface area contributed by atoms with E-state index in [-0.39, 0.29) is 16.7 Å². The highest BCUT2D eigenvalue weighted by Gasteiger charge is 2.19. The number of hydrogen-bond acceptors (Lipinski definition) is 4. The van der Waals surface area contributed by atoms with Crippen LogP contribution in [0.1, 0.15) is 5.56 Å². The van der Waals surface area contributed by atoms with Gasteiger partial charge in [-0.25, -0.2) is 13.4 Å². The second-order valence-electron chi connectivity index (χ2n) is 3.91. The molecular formula is C12H10BrClN2O3S. The summed E-state index contributed by atoms with van der Waals surface area (Å²) in [6.07, 6.45) is 1.41. The molecule has 1 aromatic heterocycles. The number of pyridine rings is 1. The minimum atomic E-state index is -3.85. The molecule has 0 atom stereocenters. The van der Waals surface area contributed by atoms with Crippen LogP contribution in [0.5, 0.6) is 0 Å². The molecule has 5 nitrogen and oxygen atoms in total. The highest BCUT2D eigenvalue weighted by molar-refractivity contribution is 9.10. The van der Waals surface area contributed by atoms with E-state index in [0.717, 1.165) is 0 Å². The number of benzene rings is 1. The number of sulfonamides is 1. The predicted molar refractivity (Wildman–Crippen MR) is 80.1 cm³/mol. The minimum Gasteiger partial charge on any atom is -0.392 e. The Morgan fingerprint density at radius 1 is 1.35 bits per heavy atom. The third kappa shape index (κ3) is 3.49. The summed E-state index contributed by atoms with van der Waals surface area (Å²) in [4.78, 5) is 3.66. The van der Waals surface area contributed by atoms with E-state index in [0.29, 0.717) is 15.7 Å². The van der Waals surface area contributed by atoms with E-state index in [1.165, 1.54) is 18.3 Å². The maximum absolute atomic E-state index is 12.3. The average Bonchev–Trinajstić information content (AvgIpc) is 2.41. The quantitative estimate of drug-likeness (QED) is 0.803. The molecule has 8 heteroatoms. The van der Waals surface area contributed by atoms with Gasteiger partial charge in [0.05, 0.1) is 6.61 Å². The third-order valence-electron chi connectivity index (χ3n) is 2.42. The Morgan fingerprint density at radius 3 is 2.80 bits per heavy atom. The van der Waals surface area contributed by atoms with Crippen molar-refractivity contribution in [2.45, 2.75) is 11.5 Å². The van der Waals surface area contributed by atoms with Crippen molar-refractivity contribution in [3.05, 3.63) is 51.7 Å². The van der Waals surface area contributed by atoms with Gasteiger partial charge in [-0.1, -0.05) is 23.7 Å². The van der Waals surface area contributed by atoms with Gasteiger partial charge >= 0.3 is 0 Å². The Bertz CT molecular complexity index is 737. The third-order valence-corrected chi connectivity index (χ3v) is 4.67. The van der Waals surface area contributed by atoms with Crippen LogP contribution in [0.25, 0.3) is 0 Å². The molecule has 0 saturated carbocycles. The number of hydrogen-bond donors (Lipinski definition) is 2. The first-order valence-electron chi connectivity index (χ1n) is 5.46. The van der Waals surface area contributed by atoms with Gasteiger partial charge in [-0.2, -0.15) is 0 Å². The molecule has 106 valence electrons. The molecule has 2 rings (SSSR count). The van der Waals surface area contributed by atoms with Gasteiger partial charge in [-0.3, -0.25) is 4.72 Å². The molecular weight excluding hydrogens is 368 g/mol. The van der Waals surface area contributed by atoms with E-state index in [9.17, 15) is 8.42 Å². The van der Waals surface area contributed by atoms with Gasteiger partial charge < -0.3 is 5.11 Å². The Kier molecular flexibility index (Phi) is 4.64. The monoisotopic (exact) mass is 376 g/mol. The fourth-order valence-corrected chi connectivity index (χ4v) is 3.53. The van der Waals surface area contributed by atoms with Crippen molar-refractivity contribution in [2.75, 3.05) is 4.72 Å². The van der Waals surface area contributed by atoms with Crippen molar-refractivity contribution in [1.29, 1.82) is 0 Å². The molecule has 0 saturated heterocycles. The Hall–Kier alpha value is -1.15. The van der Waals surface area contributed by atoms with E-state index in [1.54, 1.807) is 18.2 Å². The van der Waals surface area contributed by atoms with Crippen LogP contribution in [0.2, 0.25) is 5.15 Å². The lowest BCUT2D eigenvalue weighted by Gasteiger charge is -2.10. The van der Waals surface area contributed by atoms with Crippen molar-refractivity contribution in [2.24, 2.45) is 0 Å². The van der Waals surface area contributed by atoms with Crippen LogP contribution in [-0.2, 0) is 16.6 Å². The highest BCUT2D eigenvalue weighted by Crippen LogP contribution is 2.25. The van der Waals surface area contributed by atoms with Gasteiger partial charge in [0.1, 0.15) is 10.0 Å². The van der Waals surface area contributed by atoms with Crippen LogP contribution >= 0.6 is 27.5 Å². The average molecular weight is 378 g/mol. The Balaban J connectivity index is 2.38. The number of anilines is 1. The molecule has 1 aromatic carbocycles. The molecule has 0 radical (unpaired) electrons. The number of halogens is 2. The molecule has 2 N–H and O–H groups in total. The first-order valence-corrected chi connectivity index (χ1v) is 8.11. The van der Waals surface area contributed by atoms with Crippen LogP contribution in [0.15, 0.2) is 45.9 Å². The molecule has 20 heavy (non-hydrogen) atoms. The van der Waals surface area contributed by atoms with Gasteiger partial charge in [-0.05, 0) is 39.7 Å². The van der Waals surface area contributed by atoms with Gasteiger partial charge in [0.15, 0.2) is 0 Å². The lowest BCUT2D eigenvalue weighted by atomic mass is 10.2. The fourth-order valence-electron chi connectivity index (χ4n) is 1.54. The molecule has 2 aromatic rings. The minimum absolute atomic E-state index is 0.112. The van der Waals surface area contributed by atoms with Crippen molar-refractivity contribution in [1.82, 2.24) is 4.98 Å². The van der Waals surface area contributed by atoms with Crippen LogP contribution in [0, 0.1) is 0 Å². The number of nitrogens with one attached hydrogen (secondary N) is 1. The van der Waals surface area contributed by atoms with Crippen LogP contribution < -0.4 is 4.72 Å². The lowest BCUT2D eigenvalue weighted by molar-refractivity contribution is 0.282. The van der Waals surface area contributed by atoms with E-state index >= 15 is 0 Å². The number of nitrogens with zero attached hydrogens (tertiary/aromatic N) is 1. The number of aromatic nitrogens is 1. The van der Waals surface area contributed by atoms with Gasteiger partial charge in [0.25, 0.3) is 10.0 Å². The van der Waals surface area contributed by atoms with Crippen LogP contribution in [0.4, 0.5) is 5.69 Å². The summed E-state index contributed by atoms with van der Waals surface area (Å²) < 4.78 is 27.4. The van der Waals surface area contributed by atoms with Crippen molar-refractivity contribution < 1.29 is 13.5 Å². The SMILES string of the molecule is O=S(=O)(Nc1cccc(CO)c1)c1cc(Br)cnc1Cl. The smallest absolute Gasteiger partial charge is 0.265 e. The van der Waals surface area contributed by atoms with E-state index in [4.69, 9.17) is 16.7 Å². The molecule has 0 unspecified atom stereocenters. The molecule has 0 aliphatic rings. The maximum Gasteiger partial charge on any atom is 0.265 e. The molecule has 0 fully saturated rings. The maximum atomic E-state index is 12.3. The van der Waals surface area contributed by atoms with E-state index < -0.39 is 10.0 Å². The summed E-state index contributed by atoms with van der Waals surface area (Å²) in [5, 5.41) is 8.93. The molecule has 0 amide bonds. The first-order chi connectivity index (χ1) is 9.42. The molecule has 1 heterocycles. The highest BCUT2D eigenvalue weighted by atomic mass is 79.9. The zero-order valence-corrected chi connectivity index (χ0v) is 13.2. The Morgan fingerprint density at radius 2 is 2.10 bits per heavy atom. The second kappa shape index (κ2) is 6.09. The molecule has 0 aliphatic heterocycles. The fraction of sp³-hybridized carbons (Fsp3) is 0.0833. The van der Waals surface area contributed by atoms with Crippen molar-refractivity contribution >= 4 is 43.2 Å². The van der Waals surface area contributed by atoms with Gasteiger partial charge in [0.2, 0.25) is 0 Å². The zero-order valence-electron chi connectivity index (χ0n) is 10.0. The van der Waals surface area contributed by atoms with Crippen molar-refractivity contribution in [3.8, 4) is 0 Å². The largest absolute Gasteiger partial charge is 0.392 e. The van der Waals surface area contributed by atoms with Gasteiger partial charge in [0, 0.05) is 16.4 Å². The standard InChI is InChI=1S/C12H10BrClN2O3S/c13-9-5-11(12(14)15-6-9)20(18,19)16-10-3-1-2-8(4-10)7-17/h1-6,16-17H,7H2. The summed E-state index contributed by atoms with van der Waals surface area (Å²) in [6.45, 7) is -0.172. The first kappa shape index (κ1) is 15.2. The summed E-state index contributed by atoms with van der Waals surface area (Å²) >= 11 is 8.97. The topological polar surface area (TPSA) is 79.3 Å². The zero-order chi connectivity index (χ0) is 14.8. The van der Waals surface area contributed by atoms with Crippen LogP contribution in [0.3, 0.4) is 0 Å². The number of aliphatic hydroxyl groups excluding tert-OH is 1. The summed E-state index contributed by atoms with van der Waals surface area (Å²) in [6, 6.07) is 7.82. The summed E-state index contributed by atoms with van der Waals surface area (Å²) in [7, 11) is -3.85. The normalized spacial score (nSPS) is 11.3. The van der Waals surface area contributed by atoms with Crippen LogP contribution in [-0.4, -0.2) is 18.5 Å². The summed E-state index contributed by atoms with van der Waals surface area (Å²) in [5.41, 5.74) is 0.941. The molecule has 0 aliphatic carbocycles. The van der Waals surface area contributed by atoms with Gasteiger partial charge in [-0.15, -0.1) is 0 Å². The molecule has 0 spiro atoms. The summed E-state index contributed by atoms with van der Waals surface area (Å²) in [5.74, 6) is 0. The Labute approximate surface area is 129 Å². The van der Waals surface area contributed by atoms with E-state index in [1.807, 2.05) is 0 Å². The molecule has 0 bridgehead atoms. The number of rotatable bonds is 4. The lowest BCUT2D eigenvalue weighted by Crippen LogP contribution is -2.14. The van der Waals surface area contributed by atoms with E-state index in [2.05, 4.69) is 25.6 Å². The predicted octanol–water partition coefficient (Wildman–Crippen LogP) is 2.79. The number of aliphatic hydroxyl groups is 1. The second-order valence-corrected chi connectivity index (χ2v) is 6.83.